The number of benzene rings is 1. The SMILES string of the molecule is O=C(N1CCCC1)C1(c2ccc(-n3nc(C(F)(F)F)c4c3CCCC4)cc2)CC1. The fourth-order valence-corrected chi connectivity index (χ4v) is 4.94. The third-order valence-corrected chi connectivity index (χ3v) is 6.67. The van der Waals surface area contributed by atoms with Crippen LogP contribution in [-0.2, 0) is 29.2 Å². The van der Waals surface area contributed by atoms with Crippen molar-refractivity contribution in [3.05, 3.63) is 46.8 Å². The summed E-state index contributed by atoms with van der Waals surface area (Å²) < 4.78 is 41.8. The van der Waals surface area contributed by atoms with Gasteiger partial charge in [-0.2, -0.15) is 18.3 Å². The van der Waals surface area contributed by atoms with E-state index in [-0.39, 0.29) is 5.91 Å². The van der Waals surface area contributed by atoms with Crippen LogP contribution in [0.2, 0.25) is 0 Å². The maximum atomic E-state index is 13.5. The van der Waals surface area contributed by atoms with E-state index in [0.29, 0.717) is 29.8 Å². The van der Waals surface area contributed by atoms with E-state index >= 15 is 0 Å². The predicted molar refractivity (Wildman–Crippen MR) is 102 cm³/mol. The molecule has 0 radical (unpaired) electrons. The summed E-state index contributed by atoms with van der Waals surface area (Å²) in [4.78, 5) is 14.9. The van der Waals surface area contributed by atoms with Gasteiger partial charge in [-0.05, 0) is 69.1 Å². The van der Waals surface area contributed by atoms with Crippen LogP contribution in [0.15, 0.2) is 24.3 Å². The zero-order chi connectivity index (χ0) is 20.2. The molecule has 2 fully saturated rings. The topological polar surface area (TPSA) is 38.1 Å². The molecule has 2 aliphatic carbocycles. The van der Waals surface area contributed by atoms with Crippen LogP contribution in [0, 0.1) is 0 Å². The number of carbonyl (C=O) groups is 1. The number of likely N-dealkylation sites (tertiary alicyclic amines) is 1. The van der Waals surface area contributed by atoms with Gasteiger partial charge in [-0.15, -0.1) is 0 Å². The zero-order valence-corrected chi connectivity index (χ0v) is 16.3. The maximum Gasteiger partial charge on any atom is 0.435 e. The van der Waals surface area contributed by atoms with Crippen molar-refractivity contribution in [1.82, 2.24) is 14.7 Å². The van der Waals surface area contributed by atoms with Gasteiger partial charge in [-0.25, -0.2) is 4.68 Å². The Morgan fingerprint density at radius 2 is 1.62 bits per heavy atom. The summed E-state index contributed by atoms with van der Waals surface area (Å²) in [5, 5.41) is 3.96. The highest BCUT2D eigenvalue weighted by atomic mass is 19.4. The first kappa shape index (κ1) is 18.7. The van der Waals surface area contributed by atoms with E-state index in [4.69, 9.17) is 0 Å². The molecule has 1 aromatic heterocycles. The highest BCUT2D eigenvalue weighted by molar-refractivity contribution is 5.91. The summed E-state index contributed by atoms with van der Waals surface area (Å²) in [7, 11) is 0. The number of alkyl halides is 3. The Hall–Kier alpha value is -2.31. The highest BCUT2D eigenvalue weighted by Gasteiger charge is 2.53. The van der Waals surface area contributed by atoms with Gasteiger partial charge >= 0.3 is 6.18 Å². The average molecular weight is 403 g/mol. The van der Waals surface area contributed by atoms with Crippen LogP contribution >= 0.6 is 0 Å². The van der Waals surface area contributed by atoms with E-state index in [9.17, 15) is 18.0 Å². The largest absolute Gasteiger partial charge is 0.435 e. The minimum Gasteiger partial charge on any atom is -0.342 e. The van der Waals surface area contributed by atoms with Gasteiger partial charge in [0.05, 0.1) is 11.1 Å². The lowest BCUT2D eigenvalue weighted by atomic mass is 9.93. The number of hydrogen-bond acceptors (Lipinski definition) is 2. The zero-order valence-electron chi connectivity index (χ0n) is 16.3. The minimum absolute atomic E-state index is 0.207. The molecule has 1 saturated heterocycles. The van der Waals surface area contributed by atoms with E-state index in [0.717, 1.165) is 57.2 Å². The lowest BCUT2D eigenvalue weighted by Crippen LogP contribution is -2.37. The Morgan fingerprint density at radius 3 is 2.24 bits per heavy atom. The second kappa shape index (κ2) is 6.61. The number of hydrogen-bond donors (Lipinski definition) is 0. The molecule has 4 nitrogen and oxygen atoms in total. The number of rotatable bonds is 3. The fourth-order valence-electron chi connectivity index (χ4n) is 4.94. The normalized spacial score (nSPS) is 20.6. The summed E-state index contributed by atoms with van der Waals surface area (Å²) in [5.41, 5.74) is 1.44. The predicted octanol–water partition coefficient (Wildman–Crippen LogP) is 4.42. The van der Waals surface area contributed by atoms with Crippen LogP contribution in [0.4, 0.5) is 13.2 Å². The molecule has 0 bridgehead atoms. The smallest absolute Gasteiger partial charge is 0.342 e. The number of halogens is 3. The van der Waals surface area contributed by atoms with Gasteiger partial charge in [0.1, 0.15) is 0 Å². The Bertz CT molecular complexity index is 935. The molecule has 2 heterocycles. The molecule has 1 aromatic carbocycles. The fraction of sp³-hybridized carbons (Fsp3) is 0.545. The lowest BCUT2D eigenvalue weighted by Gasteiger charge is -2.23. The van der Waals surface area contributed by atoms with E-state index in [1.54, 1.807) is 0 Å². The second-order valence-electron chi connectivity index (χ2n) is 8.52. The highest BCUT2D eigenvalue weighted by Crippen LogP contribution is 2.50. The molecule has 2 aromatic rings. The number of nitrogens with zero attached hydrogens (tertiary/aromatic N) is 3. The summed E-state index contributed by atoms with van der Waals surface area (Å²) in [5.74, 6) is 0.207. The van der Waals surface area contributed by atoms with Crippen molar-refractivity contribution in [1.29, 1.82) is 0 Å². The van der Waals surface area contributed by atoms with Gasteiger partial charge < -0.3 is 4.90 Å². The van der Waals surface area contributed by atoms with E-state index < -0.39 is 17.3 Å². The van der Waals surface area contributed by atoms with E-state index in [1.165, 1.54) is 4.68 Å². The molecule has 29 heavy (non-hydrogen) atoms. The van der Waals surface area contributed by atoms with Gasteiger partial charge in [-0.3, -0.25) is 4.79 Å². The Kier molecular flexibility index (Phi) is 4.26. The second-order valence-corrected chi connectivity index (χ2v) is 8.52. The maximum absolute atomic E-state index is 13.5. The van der Waals surface area contributed by atoms with Gasteiger partial charge in [0.25, 0.3) is 0 Å². The Labute approximate surface area is 167 Å². The van der Waals surface area contributed by atoms with Crippen LogP contribution in [0.25, 0.3) is 5.69 Å². The third-order valence-electron chi connectivity index (χ3n) is 6.67. The van der Waals surface area contributed by atoms with Crippen molar-refractivity contribution in [3.63, 3.8) is 0 Å². The molecule has 7 heteroatoms. The lowest BCUT2D eigenvalue weighted by molar-refractivity contribution is -0.142. The molecule has 0 N–H and O–H groups in total. The quantitative estimate of drug-likeness (QED) is 0.761. The van der Waals surface area contributed by atoms with Crippen LogP contribution < -0.4 is 0 Å². The van der Waals surface area contributed by atoms with Gasteiger partial charge in [0, 0.05) is 24.3 Å². The minimum atomic E-state index is -4.44. The first-order valence-corrected chi connectivity index (χ1v) is 10.5. The van der Waals surface area contributed by atoms with Crippen molar-refractivity contribution in [2.24, 2.45) is 0 Å². The van der Waals surface area contributed by atoms with Gasteiger partial charge in [0.15, 0.2) is 5.69 Å². The molecular formula is C22H24F3N3O. The van der Waals surface area contributed by atoms with Crippen LogP contribution in [0.1, 0.15) is 61.0 Å². The van der Waals surface area contributed by atoms with Crippen LogP contribution in [0.3, 0.4) is 0 Å². The molecule has 0 unspecified atom stereocenters. The molecule has 0 atom stereocenters. The first-order chi connectivity index (χ1) is 13.9. The molecule has 3 aliphatic rings. The number of amides is 1. The molecule has 5 rings (SSSR count). The molecule has 154 valence electrons. The van der Waals surface area contributed by atoms with Crippen LogP contribution in [-0.4, -0.2) is 33.7 Å². The summed E-state index contributed by atoms with van der Waals surface area (Å²) >= 11 is 0. The molecule has 1 saturated carbocycles. The van der Waals surface area contributed by atoms with E-state index in [1.807, 2.05) is 29.2 Å². The first-order valence-electron chi connectivity index (χ1n) is 10.5. The number of carbonyl (C=O) groups excluding carboxylic acids is 1. The van der Waals surface area contributed by atoms with Crippen molar-refractivity contribution < 1.29 is 18.0 Å². The molecule has 0 spiro atoms. The van der Waals surface area contributed by atoms with Gasteiger partial charge in [0.2, 0.25) is 5.91 Å². The standard InChI is InChI=1S/C22H24F3N3O/c23-22(24,25)19-17-5-1-2-6-18(17)28(26-19)16-9-7-15(8-10-16)21(11-12-21)20(29)27-13-3-4-14-27/h7-10H,1-6,11-14H2. The van der Waals surface area contributed by atoms with Crippen molar-refractivity contribution in [2.75, 3.05) is 13.1 Å². The summed E-state index contributed by atoms with van der Waals surface area (Å²) in [6.45, 7) is 1.66. The Balaban J connectivity index is 1.47. The average Bonchev–Trinajstić information content (AvgIpc) is 3.15. The summed E-state index contributed by atoms with van der Waals surface area (Å²) in [6, 6.07) is 7.43. The van der Waals surface area contributed by atoms with Crippen LogP contribution in [0.5, 0.6) is 0 Å². The number of fused-ring (bicyclic) bond motifs is 1. The van der Waals surface area contributed by atoms with E-state index in [2.05, 4.69) is 5.10 Å². The van der Waals surface area contributed by atoms with Gasteiger partial charge in [-0.1, -0.05) is 12.1 Å². The third kappa shape index (κ3) is 3.06. The molecular weight excluding hydrogens is 379 g/mol. The van der Waals surface area contributed by atoms with Crippen molar-refractivity contribution in [2.45, 2.75) is 63.0 Å². The summed E-state index contributed by atoms with van der Waals surface area (Å²) in [6.07, 6.45) is 2.05. The molecule has 1 aliphatic heterocycles. The monoisotopic (exact) mass is 403 g/mol. The number of aromatic nitrogens is 2. The Morgan fingerprint density at radius 1 is 0.966 bits per heavy atom. The van der Waals surface area contributed by atoms with Crippen molar-refractivity contribution in [3.8, 4) is 5.69 Å². The molecule has 1 amide bonds. The van der Waals surface area contributed by atoms with Crippen molar-refractivity contribution >= 4 is 5.91 Å².